The Bertz CT molecular complexity index is 692. The van der Waals surface area contributed by atoms with Gasteiger partial charge in [-0.2, -0.15) is 0 Å². The smallest absolute Gasteiger partial charge is 0.171 e. The number of hydrogen-bond acceptors (Lipinski definition) is 1. The molecule has 2 rings (SSSR count). The first-order valence-electron chi connectivity index (χ1n) is 7.58. The molecule has 0 bridgehead atoms. The van der Waals surface area contributed by atoms with Gasteiger partial charge in [0.15, 0.2) is 5.11 Å². The summed E-state index contributed by atoms with van der Waals surface area (Å²) in [5.41, 5.74) is 7.41. The molecule has 0 aliphatic rings. The van der Waals surface area contributed by atoms with Gasteiger partial charge in [-0.1, -0.05) is 29.8 Å². The molecular formula is C19H24N2S. The van der Waals surface area contributed by atoms with E-state index in [0.717, 1.165) is 5.69 Å². The molecule has 0 radical (unpaired) electrons. The maximum Gasteiger partial charge on any atom is 0.171 e. The van der Waals surface area contributed by atoms with Gasteiger partial charge in [0.1, 0.15) is 0 Å². The second-order valence-corrected chi connectivity index (χ2v) is 6.39. The van der Waals surface area contributed by atoms with Gasteiger partial charge in [0.2, 0.25) is 0 Å². The highest BCUT2D eigenvalue weighted by molar-refractivity contribution is 7.80. The van der Waals surface area contributed by atoms with Crippen LogP contribution in [-0.4, -0.2) is 5.11 Å². The molecule has 0 saturated carbocycles. The summed E-state index contributed by atoms with van der Waals surface area (Å²) in [6, 6.07) is 13.0. The van der Waals surface area contributed by atoms with Crippen LogP contribution in [0.15, 0.2) is 36.4 Å². The third kappa shape index (κ3) is 4.08. The Hall–Kier alpha value is -1.87. The average Bonchev–Trinajstić information content (AvgIpc) is 2.42. The van der Waals surface area contributed by atoms with Gasteiger partial charge in [0, 0.05) is 5.69 Å². The molecule has 2 nitrogen and oxygen atoms in total. The number of benzene rings is 2. The standard InChI is InChI=1S/C19H24N2S/c1-12-6-9-18(15(4)10-12)16(5)20-19(22)21-17-8-7-13(2)14(3)11-17/h6-11,16H,1-5H3,(H2,20,21,22). The highest BCUT2D eigenvalue weighted by Gasteiger charge is 2.10. The lowest BCUT2D eigenvalue weighted by Gasteiger charge is -2.19. The van der Waals surface area contributed by atoms with Gasteiger partial charge >= 0.3 is 0 Å². The zero-order chi connectivity index (χ0) is 16.3. The molecule has 2 N–H and O–H groups in total. The van der Waals surface area contributed by atoms with Crippen LogP contribution >= 0.6 is 12.2 Å². The van der Waals surface area contributed by atoms with Crippen LogP contribution in [0.5, 0.6) is 0 Å². The quantitative estimate of drug-likeness (QED) is 0.783. The molecule has 0 fully saturated rings. The van der Waals surface area contributed by atoms with Gasteiger partial charge in [0.25, 0.3) is 0 Å². The Morgan fingerprint density at radius 3 is 2.27 bits per heavy atom. The van der Waals surface area contributed by atoms with Crippen LogP contribution in [0.3, 0.4) is 0 Å². The highest BCUT2D eigenvalue weighted by atomic mass is 32.1. The van der Waals surface area contributed by atoms with E-state index in [0.29, 0.717) is 5.11 Å². The molecule has 0 aliphatic heterocycles. The van der Waals surface area contributed by atoms with Crippen molar-refractivity contribution in [3.05, 3.63) is 64.2 Å². The van der Waals surface area contributed by atoms with E-state index in [9.17, 15) is 0 Å². The van der Waals surface area contributed by atoms with Crippen molar-refractivity contribution in [3.63, 3.8) is 0 Å². The normalized spacial score (nSPS) is 11.9. The molecular weight excluding hydrogens is 288 g/mol. The van der Waals surface area contributed by atoms with Crippen LogP contribution in [-0.2, 0) is 0 Å². The van der Waals surface area contributed by atoms with Gasteiger partial charge in [-0.15, -0.1) is 0 Å². The highest BCUT2D eigenvalue weighted by Crippen LogP contribution is 2.19. The second kappa shape index (κ2) is 6.93. The van der Waals surface area contributed by atoms with Gasteiger partial charge in [-0.3, -0.25) is 0 Å². The summed E-state index contributed by atoms with van der Waals surface area (Å²) in [5.74, 6) is 0. The molecule has 0 amide bonds. The minimum absolute atomic E-state index is 0.173. The predicted octanol–water partition coefficient (Wildman–Crippen LogP) is 4.97. The Kier molecular flexibility index (Phi) is 5.19. The van der Waals surface area contributed by atoms with Crippen molar-refractivity contribution in [1.82, 2.24) is 5.32 Å². The average molecular weight is 312 g/mol. The van der Waals surface area contributed by atoms with E-state index in [4.69, 9.17) is 12.2 Å². The zero-order valence-corrected chi connectivity index (χ0v) is 14.8. The van der Waals surface area contributed by atoms with Crippen molar-refractivity contribution in [2.45, 2.75) is 40.7 Å². The molecule has 116 valence electrons. The van der Waals surface area contributed by atoms with Crippen LogP contribution in [0.2, 0.25) is 0 Å². The summed E-state index contributed by atoms with van der Waals surface area (Å²) in [4.78, 5) is 0. The number of hydrogen-bond donors (Lipinski definition) is 2. The topological polar surface area (TPSA) is 24.1 Å². The monoisotopic (exact) mass is 312 g/mol. The minimum Gasteiger partial charge on any atom is -0.356 e. The maximum absolute atomic E-state index is 5.44. The molecule has 1 atom stereocenters. The number of aryl methyl sites for hydroxylation is 4. The predicted molar refractivity (Wildman–Crippen MR) is 99.6 cm³/mol. The summed E-state index contributed by atoms with van der Waals surface area (Å²) in [5, 5.41) is 7.27. The zero-order valence-electron chi connectivity index (χ0n) is 13.9. The molecule has 0 saturated heterocycles. The lowest BCUT2D eigenvalue weighted by Crippen LogP contribution is -2.31. The lowest BCUT2D eigenvalue weighted by molar-refractivity contribution is 0.717. The second-order valence-electron chi connectivity index (χ2n) is 5.98. The summed E-state index contributed by atoms with van der Waals surface area (Å²) in [6.07, 6.45) is 0. The summed E-state index contributed by atoms with van der Waals surface area (Å²) in [6.45, 7) is 10.6. The molecule has 1 unspecified atom stereocenters. The van der Waals surface area contributed by atoms with E-state index in [1.54, 1.807) is 0 Å². The van der Waals surface area contributed by atoms with Crippen LogP contribution in [0, 0.1) is 27.7 Å². The largest absolute Gasteiger partial charge is 0.356 e. The fourth-order valence-corrected chi connectivity index (χ4v) is 2.87. The molecule has 3 heteroatoms. The summed E-state index contributed by atoms with van der Waals surface area (Å²) in [7, 11) is 0. The number of nitrogens with one attached hydrogen (secondary N) is 2. The van der Waals surface area contributed by atoms with Crippen molar-refractivity contribution in [2.75, 3.05) is 5.32 Å². The van der Waals surface area contributed by atoms with E-state index in [1.165, 1.54) is 27.8 Å². The van der Waals surface area contributed by atoms with Gasteiger partial charge in [-0.25, -0.2) is 0 Å². The van der Waals surface area contributed by atoms with E-state index < -0.39 is 0 Å². The van der Waals surface area contributed by atoms with Crippen molar-refractivity contribution in [3.8, 4) is 0 Å². The number of rotatable bonds is 3. The molecule has 2 aromatic carbocycles. The fraction of sp³-hybridized carbons (Fsp3) is 0.316. The number of thiocarbonyl (C=S) groups is 1. The summed E-state index contributed by atoms with van der Waals surface area (Å²) >= 11 is 5.44. The van der Waals surface area contributed by atoms with Crippen LogP contribution in [0.1, 0.15) is 40.8 Å². The Morgan fingerprint density at radius 2 is 1.64 bits per heavy atom. The van der Waals surface area contributed by atoms with Crippen molar-refractivity contribution in [2.24, 2.45) is 0 Å². The van der Waals surface area contributed by atoms with Crippen molar-refractivity contribution >= 4 is 23.0 Å². The lowest BCUT2D eigenvalue weighted by atomic mass is 10.0. The van der Waals surface area contributed by atoms with Gasteiger partial charge in [0.05, 0.1) is 6.04 Å². The molecule has 0 spiro atoms. The van der Waals surface area contributed by atoms with E-state index in [-0.39, 0.29) is 6.04 Å². The van der Waals surface area contributed by atoms with Gasteiger partial charge in [-0.05, 0) is 81.2 Å². The van der Waals surface area contributed by atoms with E-state index >= 15 is 0 Å². The van der Waals surface area contributed by atoms with Crippen molar-refractivity contribution in [1.29, 1.82) is 0 Å². The molecule has 22 heavy (non-hydrogen) atoms. The Balaban J connectivity index is 2.03. The molecule has 0 aliphatic carbocycles. The minimum atomic E-state index is 0.173. The Morgan fingerprint density at radius 1 is 0.909 bits per heavy atom. The van der Waals surface area contributed by atoms with Gasteiger partial charge < -0.3 is 10.6 Å². The van der Waals surface area contributed by atoms with E-state index in [1.807, 2.05) is 0 Å². The van der Waals surface area contributed by atoms with Crippen LogP contribution < -0.4 is 10.6 Å². The van der Waals surface area contributed by atoms with Crippen LogP contribution in [0.4, 0.5) is 5.69 Å². The first-order chi connectivity index (χ1) is 10.4. The first-order valence-corrected chi connectivity index (χ1v) is 7.99. The molecule has 2 aromatic rings. The SMILES string of the molecule is Cc1ccc(C(C)NC(=S)Nc2ccc(C)c(C)c2)c(C)c1. The van der Waals surface area contributed by atoms with Crippen molar-refractivity contribution < 1.29 is 0 Å². The van der Waals surface area contributed by atoms with Crippen LogP contribution in [0.25, 0.3) is 0 Å². The first kappa shape index (κ1) is 16.5. The number of anilines is 1. The molecule has 0 heterocycles. The maximum atomic E-state index is 5.44. The molecule has 0 aromatic heterocycles. The fourth-order valence-electron chi connectivity index (χ4n) is 2.57. The Labute approximate surface area is 139 Å². The van der Waals surface area contributed by atoms with E-state index in [2.05, 4.69) is 81.7 Å². The third-order valence-corrected chi connectivity index (χ3v) is 4.22. The summed E-state index contributed by atoms with van der Waals surface area (Å²) < 4.78 is 0. The third-order valence-electron chi connectivity index (χ3n) is 4.00.